The molecular formula is C12H19N5O2. The van der Waals surface area contributed by atoms with Crippen LogP contribution in [0.3, 0.4) is 0 Å². The van der Waals surface area contributed by atoms with Crippen LogP contribution < -0.4 is 17.0 Å². The second-order valence-corrected chi connectivity index (χ2v) is 4.67. The van der Waals surface area contributed by atoms with Gasteiger partial charge in [0.1, 0.15) is 5.65 Å². The molecule has 2 aromatic heterocycles. The minimum atomic E-state index is -0.348. The minimum absolute atomic E-state index is 0.332. The van der Waals surface area contributed by atoms with Gasteiger partial charge in [-0.1, -0.05) is 6.42 Å². The Labute approximate surface area is 110 Å². The van der Waals surface area contributed by atoms with Crippen LogP contribution in [0.15, 0.2) is 15.9 Å². The second-order valence-electron chi connectivity index (χ2n) is 4.67. The Morgan fingerprint density at radius 1 is 1.16 bits per heavy atom. The second kappa shape index (κ2) is 5.40. The predicted octanol–water partition coefficient (Wildman–Crippen LogP) is -0.437. The summed E-state index contributed by atoms with van der Waals surface area (Å²) in [5, 5.41) is 0. The third-order valence-electron chi connectivity index (χ3n) is 3.31. The maximum absolute atomic E-state index is 11.9. The summed E-state index contributed by atoms with van der Waals surface area (Å²) in [6, 6.07) is 0. The molecule has 2 N–H and O–H groups in total. The summed E-state index contributed by atoms with van der Waals surface area (Å²) >= 11 is 0. The molecule has 2 heterocycles. The lowest BCUT2D eigenvalue weighted by atomic mass is 10.2. The summed E-state index contributed by atoms with van der Waals surface area (Å²) in [6.45, 7) is 1.42. The summed E-state index contributed by atoms with van der Waals surface area (Å²) < 4.78 is 4.40. The van der Waals surface area contributed by atoms with E-state index in [1.807, 2.05) is 4.57 Å². The lowest BCUT2D eigenvalue weighted by molar-refractivity contribution is 0.588. The van der Waals surface area contributed by atoms with Crippen molar-refractivity contribution < 1.29 is 0 Å². The van der Waals surface area contributed by atoms with Gasteiger partial charge in [0.25, 0.3) is 5.56 Å². The van der Waals surface area contributed by atoms with Gasteiger partial charge in [-0.05, 0) is 19.4 Å². The van der Waals surface area contributed by atoms with Crippen LogP contribution in [-0.2, 0) is 20.6 Å². The van der Waals surface area contributed by atoms with E-state index in [9.17, 15) is 9.59 Å². The molecule has 2 aromatic rings. The number of aryl methyl sites for hydroxylation is 2. The Kier molecular flexibility index (Phi) is 3.84. The average Bonchev–Trinajstić information content (AvgIpc) is 2.83. The van der Waals surface area contributed by atoms with E-state index in [0.29, 0.717) is 17.7 Å². The number of imidazole rings is 1. The molecule has 0 radical (unpaired) electrons. The first-order chi connectivity index (χ1) is 9.07. The van der Waals surface area contributed by atoms with Gasteiger partial charge in [-0.15, -0.1) is 0 Å². The molecule has 0 atom stereocenters. The first kappa shape index (κ1) is 13.5. The van der Waals surface area contributed by atoms with Gasteiger partial charge >= 0.3 is 5.69 Å². The fraction of sp³-hybridized carbons (Fsp3) is 0.583. The highest BCUT2D eigenvalue weighted by molar-refractivity contribution is 5.69. The molecule has 0 aromatic carbocycles. The lowest BCUT2D eigenvalue weighted by Gasteiger charge is -2.08. The molecule has 2 rings (SSSR count). The standard InChI is InChI=1S/C12H19N5O2/c1-15-10-9(11(18)16(2)12(15)19)14-8-17(10)7-5-3-4-6-13/h8H,3-7,13H2,1-2H3. The monoisotopic (exact) mass is 265 g/mol. The number of hydrogen-bond acceptors (Lipinski definition) is 4. The van der Waals surface area contributed by atoms with E-state index in [1.165, 1.54) is 11.6 Å². The Balaban J connectivity index is 2.43. The molecule has 0 spiro atoms. The maximum Gasteiger partial charge on any atom is 0.332 e. The smallest absolute Gasteiger partial charge is 0.330 e. The Morgan fingerprint density at radius 2 is 1.89 bits per heavy atom. The van der Waals surface area contributed by atoms with E-state index in [2.05, 4.69) is 4.98 Å². The molecular weight excluding hydrogens is 246 g/mol. The fourth-order valence-corrected chi connectivity index (χ4v) is 2.21. The van der Waals surface area contributed by atoms with Crippen molar-refractivity contribution >= 4 is 11.2 Å². The molecule has 0 saturated heterocycles. The maximum atomic E-state index is 11.9. The van der Waals surface area contributed by atoms with Crippen LogP contribution in [-0.4, -0.2) is 25.2 Å². The highest BCUT2D eigenvalue weighted by atomic mass is 16.2. The fourth-order valence-electron chi connectivity index (χ4n) is 2.21. The third kappa shape index (κ3) is 2.33. The van der Waals surface area contributed by atoms with Crippen LogP contribution in [0, 0.1) is 0 Å². The zero-order chi connectivity index (χ0) is 14.0. The van der Waals surface area contributed by atoms with Gasteiger partial charge in [0.15, 0.2) is 5.52 Å². The molecule has 0 saturated carbocycles. The zero-order valence-electron chi connectivity index (χ0n) is 11.3. The largest absolute Gasteiger partial charge is 0.332 e. The molecule has 0 amide bonds. The van der Waals surface area contributed by atoms with Crippen molar-refractivity contribution in [3.8, 4) is 0 Å². The van der Waals surface area contributed by atoms with E-state index < -0.39 is 0 Å². The molecule has 19 heavy (non-hydrogen) atoms. The van der Waals surface area contributed by atoms with Gasteiger partial charge in [-0.2, -0.15) is 0 Å². The van der Waals surface area contributed by atoms with Gasteiger partial charge in [0.05, 0.1) is 6.33 Å². The van der Waals surface area contributed by atoms with E-state index in [-0.39, 0.29) is 11.2 Å². The summed E-state index contributed by atoms with van der Waals surface area (Å²) in [5.74, 6) is 0. The van der Waals surface area contributed by atoms with Crippen molar-refractivity contribution in [2.45, 2.75) is 25.8 Å². The van der Waals surface area contributed by atoms with Crippen LogP contribution in [0.5, 0.6) is 0 Å². The first-order valence-electron chi connectivity index (χ1n) is 6.39. The predicted molar refractivity (Wildman–Crippen MR) is 73.1 cm³/mol. The number of nitrogens with two attached hydrogens (primary N) is 1. The van der Waals surface area contributed by atoms with E-state index >= 15 is 0 Å². The van der Waals surface area contributed by atoms with E-state index in [0.717, 1.165) is 30.4 Å². The number of nitrogens with zero attached hydrogens (tertiary/aromatic N) is 4. The number of rotatable bonds is 5. The van der Waals surface area contributed by atoms with Crippen molar-refractivity contribution in [2.75, 3.05) is 6.54 Å². The van der Waals surface area contributed by atoms with Gasteiger partial charge in [-0.3, -0.25) is 13.9 Å². The normalized spacial score (nSPS) is 11.3. The van der Waals surface area contributed by atoms with Crippen LogP contribution >= 0.6 is 0 Å². The summed E-state index contributed by atoms with van der Waals surface area (Å²) in [7, 11) is 3.12. The first-order valence-corrected chi connectivity index (χ1v) is 6.39. The van der Waals surface area contributed by atoms with E-state index in [4.69, 9.17) is 5.73 Å². The summed E-state index contributed by atoms with van der Waals surface area (Å²) in [6.07, 6.45) is 4.57. The van der Waals surface area contributed by atoms with E-state index in [1.54, 1.807) is 13.4 Å². The Morgan fingerprint density at radius 3 is 2.58 bits per heavy atom. The van der Waals surface area contributed by atoms with Crippen LogP contribution in [0.25, 0.3) is 11.2 Å². The molecule has 0 aliphatic carbocycles. The molecule has 0 bridgehead atoms. The number of aromatic nitrogens is 4. The van der Waals surface area contributed by atoms with Crippen LogP contribution in [0.2, 0.25) is 0 Å². The summed E-state index contributed by atoms with van der Waals surface area (Å²) in [4.78, 5) is 28.0. The number of fused-ring (bicyclic) bond motifs is 1. The SMILES string of the molecule is Cn1c(=O)c2ncn(CCCCCN)c2n(C)c1=O. The Hall–Kier alpha value is -1.89. The van der Waals surface area contributed by atoms with Crippen molar-refractivity contribution in [3.05, 3.63) is 27.2 Å². The van der Waals surface area contributed by atoms with Crippen LogP contribution in [0.4, 0.5) is 0 Å². The van der Waals surface area contributed by atoms with Crippen molar-refractivity contribution in [3.63, 3.8) is 0 Å². The highest BCUT2D eigenvalue weighted by Gasteiger charge is 2.13. The molecule has 0 fully saturated rings. The van der Waals surface area contributed by atoms with Gasteiger partial charge in [0, 0.05) is 20.6 Å². The van der Waals surface area contributed by atoms with Gasteiger partial charge in [-0.25, -0.2) is 9.78 Å². The molecule has 0 aliphatic heterocycles. The number of hydrogen-bond donors (Lipinski definition) is 1. The quantitative estimate of drug-likeness (QED) is 0.743. The molecule has 0 aliphatic rings. The van der Waals surface area contributed by atoms with Gasteiger partial charge in [0.2, 0.25) is 0 Å². The van der Waals surface area contributed by atoms with Crippen molar-refractivity contribution in [2.24, 2.45) is 19.8 Å². The van der Waals surface area contributed by atoms with Crippen LogP contribution in [0.1, 0.15) is 19.3 Å². The molecule has 104 valence electrons. The lowest BCUT2D eigenvalue weighted by Crippen LogP contribution is -2.37. The minimum Gasteiger partial charge on any atom is -0.330 e. The Bertz CT molecular complexity index is 694. The highest BCUT2D eigenvalue weighted by Crippen LogP contribution is 2.08. The van der Waals surface area contributed by atoms with Gasteiger partial charge < -0.3 is 10.3 Å². The zero-order valence-corrected chi connectivity index (χ0v) is 11.3. The van der Waals surface area contributed by atoms with Crippen molar-refractivity contribution in [1.29, 1.82) is 0 Å². The number of unbranched alkanes of at least 4 members (excludes halogenated alkanes) is 2. The topological polar surface area (TPSA) is 87.8 Å². The third-order valence-corrected chi connectivity index (χ3v) is 3.31. The molecule has 0 unspecified atom stereocenters. The average molecular weight is 265 g/mol. The van der Waals surface area contributed by atoms with Crippen molar-refractivity contribution in [1.82, 2.24) is 18.7 Å². The molecule has 7 nitrogen and oxygen atoms in total. The molecule has 7 heteroatoms. The summed E-state index contributed by atoms with van der Waals surface area (Å²) in [5.41, 5.74) is 5.69.